The van der Waals surface area contributed by atoms with Crippen LogP contribution in [0.5, 0.6) is 0 Å². The van der Waals surface area contributed by atoms with Gasteiger partial charge in [-0.2, -0.15) is 0 Å². The fraction of sp³-hybridized carbons (Fsp3) is 0.733. The molecule has 0 aliphatic heterocycles. The van der Waals surface area contributed by atoms with Crippen molar-refractivity contribution in [3.05, 3.63) is 20.8 Å². The van der Waals surface area contributed by atoms with Gasteiger partial charge in [0, 0.05) is 15.4 Å². The minimum atomic E-state index is 0.499. The van der Waals surface area contributed by atoms with Gasteiger partial charge in [-0.05, 0) is 65.0 Å². The molecule has 0 amide bonds. The highest BCUT2D eigenvalue weighted by Gasteiger charge is 2.36. The number of nitrogens with one attached hydrogen (secondary N) is 1. The van der Waals surface area contributed by atoms with Crippen LogP contribution in [-0.4, -0.2) is 12.6 Å². The van der Waals surface area contributed by atoms with Gasteiger partial charge < -0.3 is 5.32 Å². The fourth-order valence-electron chi connectivity index (χ4n) is 3.07. The third-order valence-corrected chi connectivity index (χ3v) is 6.26. The Kier molecular flexibility index (Phi) is 5.28. The zero-order chi connectivity index (χ0) is 13.0. The zero-order valence-electron chi connectivity index (χ0n) is 11.5. The Labute approximate surface area is 123 Å². The fourth-order valence-corrected chi connectivity index (χ4v) is 4.63. The molecule has 1 nitrogen and oxygen atoms in total. The van der Waals surface area contributed by atoms with Crippen molar-refractivity contribution in [3.8, 4) is 0 Å². The number of hydrogen-bond acceptors (Lipinski definition) is 2. The van der Waals surface area contributed by atoms with Crippen LogP contribution in [0.3, 0.4) is 0 Å². The summed E-state index contributed by atoms with van der Waals surface area (Å²) in [6.45, 7) is 5.88. The second kappa shape index (κ2) is 6.53. The van der Waals surface area contributed by atoms with Gasteiger partial charge in [0.15, 0.2) is 0 Å². The molecule has 1 heterocycles. The molecule has 18 heavy (non-hydrogen) atoms. The predicted molar refractivity (Wildman–Crippen MR) is 84.4 cm³/mol. The zero-order valence-corrected chi connectivity index (χ0v) is 13.9. The molecule has 1 fully saturated rings. The van der Waals surface area contributed by atoms with Crippen molar-refractivity contribution in [1.82, 2.24) is 5.32 Å². The summed E-state index contributed by atoms with van der Waals surface area (Å²) < 4.78 is 1.29. The lowest BCUT2D eigenvalue weighted by molar-refractivity contribution is 0.220. The summed E-state index contributed by atoms with van der Waals surface area (Å²) in [6.07, 6.45) is 7.99. The molecular weight excluding hydrogens is 306 g/mol. The molecule has 0 radical (unpaired) electrons. The molecule has 1 saturated carbocycles. The third-order valence-electron chi connectivity index (χ3n) is 4.31. The van der Waals surface area contributed by atoms with Gasteiger partial charge in [-0.3, -0.25) is 0 Å². The Morgan fingerprint density at radius 2 is 2.17 bits per heavy atom. The second-order valence-corrected chi connectivity index (χ2v) is 7.62. The summed E-state index contributed by atoms with van der Waals surface area (Å²) in [4.78, 5) is 1.50. The molecule has 1 unspecified atom stereocenters. The lowest BCUT2D eigenvalue weighted by Gasteiger charge is -2.35. The maximum absolute atomic E-state index is 3.80. The molecular formula is C15H24BrNS. The number of thiophene rings is 1. The summed E-state index contributed by atoms with van der Waals surface area (Å²) in [6, 6.07) is 2.81. The van der Waals surface area contributed by atoms with Crippen molar-refractivity contribution in [1.29, 1.82) is 0 Å². The lowest BCUT2D eigenvalue weighted by atomic mass is 9.78. The van der Waals surface area contributed by atoms with Crippen molar-refractivity contribution in [2.75, 3.05) is 6.54 Å². The van der Waals surface area contributed by atoms with Crippen molar-refractivity contribution < 1.29 is 0 Å². The summed E-state index contributed by atoms with van der Waals surface area (Å²) in [5, 5.41) is 5.99. The first kappa shape index (κ1) is 14.5. The molecule has 2 rings (SSSR count). The van der Waals surface area contributed by atoms with Gasteiger partial charge in [-0.25, -0.2) is 0 Å². The summed E-state index contributed by atoms with van der Waals surface area (Å²) in [5.41, 5.74) is 0.499. The first-order valence-electron chi connectivity index (χ1n) is 7.11. The van der Waals surface area contributed by atoms with E-state index in [0.717, 1.165) is 6.54 Å². The third kappa shape index (κ3) is 3.37. The first-order chi connectivity index (χ1) is 8.65. The van der Waals surface area contributed by atoms with Gasteiger partial charge in [0.1, 0.15) is 0 Å². The highest BCUT2D eigenvalue weighted by molar-refractivity contribution is 9.10. The second-order valence-electron chi connectivity index (χ2n) is 5.76. The van der Waals surface area contributed by atoms with Gasteiger partial charge in [0.2, 0.25) is 0 Å². The Bertz CT molecular complexity index is 368. The Morgan fingerprint density at radius 3 is 2.72 bits per heavy atom. The average molecular weight is 330 g/mol. The van der Waals surface area contributed by atoms with Crippen LogP contribution in [0, 0.1) is 5.41 Å². The van der Waals surface area contributed by atoms with E-state index in [1.165, 1.54) is 47.9 Å². The number of rotatable bonds is 6. The molecule has 1 N–H and O–H groups in total. The van der Waals surface area contributed by atoms with Crippen molar-refractivity contribution in [2.45, 2.75) is 58.4 Å². The van der Waals surface area contributed by atoms with Crippen LogP contribution in [0.25, 0.3) is 0 Å². The highest BCUT2D eigenvalue weighted by Crippen LogP contribution is 2.42. The molecule has 0 saturated heterocycles. The van der Waals surface area contributed by atoms with Crippen LogP contribution in [0.2, 0.25) is 0 Å². The van der Waals surface area contributed by atoms with E-state index in [4.69, 9.17) is 0 Å². The van der Waals surface area contributed by atoms with Crippen LogP contribution < -0.4 is 5.32 Å². The van der Waals surface area contributed by atoms with Crippen LogP contribution in [0.15, 0.2) is 15.9 Å². The molecule has 1 aromatic heterocycles. The first-order valence-corrected chi connectivity index (χ1v) is 8.78. The van der Waals surface area contributed by atoms with E-state index in [1.54, 1.807) is 0 Å². The molecule has 1 aliphatic rings. The van der Waals surface area contributed by atoms with Gasteiger partial charge in [-0.15, -0.1) is 11.3 Å². The molecule has 102 valence electrons. The maximum atomic E-state index is 3.80. The van der Waals surface area contributed by atoms with E-state index in [-0.39, 0.29) is 0 Å². The SMILES string of the molecule is CCCNC(Cc1sccc1Br)C1(C)CCCC1. The molecule has 0 bridgehead atoms. The van der Waals surface area contributed by atoms with Crippen molar-refractivity contribution >= 4 is 27.3 Å². The lowest BCUT2D eigenvalue weighted by Crippen LogP contribution is -2.44. The summed E-state index contributed by atoms with van der Waals surface area (Å²) >= 11 is 5.55. The molecule has 1 aromatic rings. The molecule has 3 heteroatoms. The molecule has 0 spiro atoms. The molecule has 0 aromatic carbocycles. The maximum Gasteiger partial charge on any atom is 0.0314 e. The Morgan fingerprint density at radius 1 is 1.44 bits per heavy atom. The van der Waals surface area contributed by atoms with Crippen LogP contribution in [0.4, 0.5) is 0 Å². The number of hydrogen-bond donors (Lipinski definition) is 1. The quantitative estimate of drug-likeness (QED) is 0.774. The van der Waals surface area contributed by atoms with E-state index in [0.29, 0.717) is 11.5 Å². The van der Waals surface area contributed by atoms with Gasteiger partial charge >= 0.3 is 0 Å². The van der Waals surface area contributed by atoms with Crippen molar-refractivity contribution in [2.24, 2.45) is 5.41 Å². The van der Waals surface area contributed by atoms with Gasteiger partial charge in [0.05, 0.1) is 0 Å². The predicted octanol–water partition coefficient (Wildman–Crippen LogP) is 5.00. The highest BCUT2D eigenvalue weighted by atomic mass is 79.9. The molecule has 1 aliphatic carbocycles. The van der Waals surface area contributed by atoms with Gasteiger partial charge in [0.25, 0.3) is 0 Å². The van der Waals surface area contributed by atoms with Crippen LogP contribution in [0.1, 0.15) is 50.8 Å². The van der Waals surface area contributed by atoms with E-state index >= 15 is 0 Å². The van der Waals surface area contributed by atoms with E-state index in [1.807, 2.05) is 11.3 Å². The standard InChI is InChI=1S/C15H24BrNS/c1-3-9-17-14(15(2)7-4-5-8-15)11-13-12(16)6-10-18-13/h6,10,14,17H,3-5,7-9,11H2,1-2H3. The Hall–Kier alpha value is 0.140. The Balaban J connectivity index is 2.07. The average Bonchev–Trinajstić information content (AvgIpc) is 2.95. The summed E-state index contributed by atoms with van der Waals surface area (Å²) in [7, 11) is 0. The largest absolute Gasteiger partial charge is 0.313 e. The van der Waals surface area contributed by atoms with Gasteiger partial charge in [-0.1, -0.05) is 26.7 Å². The summed E-state index contributed by atoms with van der Waals surface area (Å²) in [5.74, 6) is 0. The van der Waals surface area contributed by atoms with E-state index < -0.39 is 0 Å². The minimum Gasteiger partial charge on any atom is -0.313 e. The molecule has 1 atom stereocenters. The minimum absolute atomic E-state index is 0.499. The van der Waals surface area contributed by atoms with E-state index in [2.05, 4.69) is 46.5 Å². The van der Waals surface area contributed by atoms with Crippen LogP contribution >= 0.6 is 27.3 Å². The smallest absolute Gasteiger partial charge is 0.0314 e. The van der Waals surface area contributed by atoms with Crippen molar-refractivity contribution in [3.63, 3.8) is 0 Å². The monoisotopic (exact) mass is 329 g/mol. The van der Waals surface area contributed by atoms with E-state index in [9.17, 15) is 0 Å². The van der Waals surface area contributed by atoms with Crippen LogP contribution in [-0.2, 0) is 6.42 Å². The number of halogens is 1. The topological polar surface area (TPSA) is 12.0 Å². The normalized spacial score (nSPS) is 20.2.